The molecule has 0 bridgehead atoms. The summed E-state index contributed by atoms with van der Waals surface area (Å²) >= 11 is 0. The van der Waals surface area contributed by atoms with Crippen LogP contribution in [-0.4, -0.2) is 98.1 Å². The Labute approximate surface area is 141 Å². The highest BCUT2D eigenvalue weighted by molar-refractivity contribution is 5.68. The Bertz CT molecular complexity index is 319. The minimum Gasteiger partial charge on any atom is -0.469 e. The van der Waals surface area contributed by atoms with Crippen LogP contribution in [-0.2, 0) is 19.0 Å². The third-order valence-corrected chi connectivity index (χ3v) is 3.80. The van der Waals surface area contributed by atoms with Crippen LogP contribution in [0.1, 0.15) is 12.8 Å². The number of esters is 1. The summed E-state index contributed by atoms with van der Waals surface area (Å²) < 4.78 is 15.3. The van der Waals surface area contributed by atoms with Gasteiger partial charge in [0.15, 0.2) is 0 Å². The van der Waals surface area contributed by atoms with Crippen molar-refractivity contribution < 1.29 is 44.5 Å². The lowest BCUT2D eigenvalue weighted by Gasteiger charge is -2.32. The maximum absolute atomic E-state index is 11.0. The number of hydrogen-bond donors (Lipinski definition) is 5. The largest absolute Gasteiger partial charge is 0.469 e. The maximum Gasteiger partial charge on any atom is 0.305 e. The predicted molar refractivity (Wildman–Crippen MR) is 83.2 cm³/mol. The molecule has 0 radical (unpaired) electrons. The molecule has 0 heterocycles. The van der Waals surface area contributed by atoms with Crippen molar-refractivity contribution >= 4 is 5.97 Å². The first-order valence-corrected chi connectivity index (χ1v) is 7.73. The highest BCUT2D eigenvalue weighted by Crippen LogP contribution is 2.21. The number of aliphatic hydroxyl groups is 5. The molecule has 0 aliphatic carbocycles. The lowest BCUT2D eigenvalue weighted by atomic mass is 9.90. The van der Waals surface area contributed by atoms with Crippen molar-refractivity contribution in [3.05, 3.63) is 0 Å². The number of carbonyl (C=O) groups is 1. The lowest BCUT2D eigenvalue weighted by molar-refractivity contribution is -0.141. The average Bonchev–Trinajstić information content (AvgIpc) is 2.63. The molecule has 144 valence electrons. The van der Waals surface area contributed by atoms with Crippen molar-refractivity contribution in [2.24, 2.45) is 10.8 Å². The molecule has 9 heteroatoms. The molecule has 0 saturated heterocycles. The zero-order valence-corrected chi connectivity index (χ0v) is 14.1. The van der Waals surface area contributed by atoms with E-state index >= 15 is 0 Å². The zero-order chi connectivity index (χ0) is 18.5. The van der Waals surface area contributed by atoms with Crippen LogP contribution in [0.5, 0.6) is 0 Å². The number of methoxy groups -OCH3 is 1. The SMILES string of the molecule is COC(=O)CCCOCC(CO)(CO)COCC(CO)(CO)CO. The van der Waals surface area contributed by atoms with E-state index in [0.29, 0.717) is 6.42 Å². The minimum atomic E-state index is -1.18. The summed E-state index contributed by atoms with van der Waals surface area (Å²) in [7, 11) is 1.30. The Morgan fingerprint density at radius 3 is 1.71 bits per heavy atom. The molecule has 0 rings (SSSR count). The molecule has 0 aromatic carbocycles. The molecule has 0 amide bonds. The Kier molecular flexibility index (Phi) is 12.1. The van der Waals surface area contributed by atoms with Gasteiger partial charge in [0.1, 0.15) is 0 Å². The van der Waals surface area contributed by atoms with E-state index in [1.807, 2.05) is 0 Å². The minimum absolute atomic E-state index is 0.00550. The topological polar surface area (TPSA) is 146 Å². The molecule has 0 aliphatic rings. The number of ether oxygens (including phenoxy) is 3. The summed E-state index contributed by atoms with van der Waals surface area (Å²) in [4.78, 5) is 11.0. The Morgan fingerprint density at radius 2 is 1.25 bits per heavy atom. The quantitative estimate of drug-likeness (QED) is 0.165. The fraction of sp³-hybridized carbons (Fsp3) is 0.933. The monoisotopic (exact) mass is 354 g/mol. The first-order valence-electron chi connectivity index (χ1n) is 7.73. The van der Waals surface area contributed by atoms with Crippen LogP contribution in [0, 0.1) is 10.8 Å². The van der Waals surface area contributed by atoms with Gasteiger partial charge >= 0.3 is 5.97 Å². The molecule has 0 aromatic heterocycles. The van der Waals surface area contributed by atoms with Gasteiger partial charge in [-0.2, -0.15) is 0 Å². The molecular formula is C15H30O9. The van der Waals surface area contributed by atoms with Crippen molar-refractivity contribution in [3.8, 4) is 0 Å². The number of hydrogen-bond acceptors (Lipinski definition) is 9. The lowest BCUT2D eigenvalue weighted by Crippen LogP contribution is -2.43. The van der Waals surface area contributed by atoms with Gasteiger partial charge in [-0.25, -0.2) is 0 Å². The number of rotatable bonds is 15. The highest BCUT2D eigenvalue weighted by Gasteiger charge is 2.33. The van der Waals surface area contributed by atoms with Crippen molar-refractivity contribution in [2.75, 3.05) is 66.6 Å². The first-order chi connectivity index (χ1) is 11.5. The molecule has 0 unspecified atom stereocenters. The van der Waals surface area contributed by atoms with Gasteiger partial charge in [0.05, 0.1) is 70.8 Å². The zero-order valence-electron chi connectivity index (χ0n) is 14.1. The van der Waals surface area contributed by atoms with Gasteiger partial charge in [0.2, 0.25) is 0 Å². The van der Waals surface area contributed by atoms with Gasteiger partial charge < -0.3 is 39.7 Å². The summed E-state index contributed by atoms with van der Waals surface area (Å²) in [6, 6.07) is 0. The third-order valence-electron chi connectivity index (χ3n) is 3.80. The summed E-state index contributed by atoms with van der Waals surface area (Å²) in [6.45, 7) is -2.15. The molecule has 0 fully saturated rings. The summed E-state index contributed by atoms with van der Waals surface area (Å²) in [5, 5.41) is 46.7. The average molecular weight is 354 g/mol. The van der Waals surface area contributed by atoms with Gasteiger partial charge in [0.25, 0.3) is 0 Å². The number of aliphatic hydroxyl groups excluding tert-OH is 5. The normalized spacial score (nSPS) is 12.4. The second-order valence-corrected chi connectivity index (χ2v) is 6.02. The molecular weight excluding hydrogens is 324 g/mol. The summed E-state index contributed by atoms with van der Waals surface area (Å²) in [5.74, 6) is -0.342. The first kappa shape index (κ1) is 23.2. The van der Waals surface area contributed by atoms with E-state index in [2.05, 4.69) is 4.74 Å². The van der Waals surface area contributed by atoms with Crippen LogP contribution in [0.15, 0.2) is 0 Å². The second-order valence-electron chi connectivity index (χ2n) is 6.02. The van der Waals surface area contributed by atoms with Gasteiger partial charge in [-0.3, -0.25) is 4.79 Å². The number of carbonyl (C=O) groups excluding carboxylic acids is 1. The van der Waals surface area contributed by atoms with Crippen LogP contribution in [0.3, 0.4) is 0 Å². The van der Waals surface area contributed by atoms with Crippen LogP contribution >= 0.6 is 0 Å². The maximum atomic E-state index is 11.0. The Hall–Kier alpha value is -0.810. The standard InChI is InChI=1S/C15H30O9/c1-22-13(21)3-2-4-23-11-15(8-19,9-20)12-24-10-14(5-16,6-17)7-18/h16-20H,2-12H2,1H3. The van der Waals surface area contributed by atoms with E-state index in [4.69, 9.17) is 9.47 Å². The van der Waals surface area contributed by atoms with Crippen molar-refractivity contribution in [1.82, 2.24) is 0 Å². The van der Waals surface area contributed by atoms with Crippen LogP contribution in [0.25, 0.3) is 0 Å². The molecule has 0 spiro atoms. The second kappa shape index (κ2) is 12.5. The van der Waals surface area contributed by atoms with Crippen LogP contribution in [0.4, 0.5) is 0 Å². The Balaban J connectivity index is 4.32. The fourth-order valence-corrected chi connectivity index (χ4v) is 1.75. The van der Waals surface area contributed by atoms with Gasteiger partial charge in [0, 0.05) is 13.0 Å². The van der Waals surface area contributed by atoms with E-state index in [1.54, 1.807) is 0 Å². The summed E-state index contributed by atoms with van der Waals surface area (Å²) in [6.07, 6.45) is 0.660. The molecule has 0 atom stereocenters. The smallest absolute Gasteiger partial charge is 0.305 e. The Morgan fingerprint density at radius 1 is 0.792 bits per heavy atom. The highest BCUT2D eigenvalue weighted by atomic mass is 16.5. The van der Waals surface area contributed by atoms with Crippen molar-refractivity contribution in [2.45, 2.75) is 12.8 Å². The van der Waals surface area contributed by atoms with Gasteiger partial charge in [-0.1, -0.05) is 0 Å². The van der Waals surface area contributed by atoms with Crippen LogP contribution in [0.2, 0.25) is 0 Å². The van der Waals surface area contributed by atoms with E-state index in [0.717, 1.165) is 0 Å². The third kappa shape index (κ3) is 7.84. The molecule has 0 aliphatic heterocycles. The van der Waals surface area contributed by atoms with Crippen molar-refractivity contribution in [3.63, 3.8) is 0 Å². The molecule has 0 saturated carbocycles. The fourth-order valence-electron chi connectivity index (χ4n) is 1.75. The van der Waals surface area contributed by atoms with E-state index in [1.165, 1.54) is 7.11 Å². The van der Waals surface area contributed by atoms with Crippen molar-refractivity contribution in [1.29, 1.82) is 0 Å². The molecule has 9 nitrogen and oxygen atoms in total. The predicted octanol–water partition coefficient (Wildman–Crippen LogP) is -2.09. The van der Waals surface area contributed by atoms with Gasteiger partial charge in [-0.15, -0.1) is 0 Å². The van der Waals surface area contributed by atoms with Crippen LogP contribution < -0.4 is 0 Å². The molecule has 0 aromatic rings. The molecule has 24 heavy (non-hydrogen) atoms. The van der Waals surface area contributed by atoms with E-state index in [-0.39, 0.29) is 38.8 Å². The van der Waals surface area contributed by atoms with Gasteiger partial charge in [-0.05, 0) is 6.42 Å². The summed E-state index contributed by atoms with van der Waals surface area (Å²) in [5.41, 5.74) is -2.24. The molecule has 5 N–H and O–H groups in total. The van der Waals surface area contributed by atoms with E-state index < -0.39 is 43.9 Å². The van der Waals surface area contributed by atoms with E-state index in [9.17, 15) is 30.3 Å².